The zero-order valence-electron chi connectivity index (χ0n) is 21.7. The number of nitrogens with zero attached hydrogens (tertiary/aromatic N) is 5. The van der Waals surface area contributed by atoms with E-state index in [-0.39, 0.29) is 55.3 Å². The molecule has 2 aromatic heterocycles. The van der Waals surface area contributed by atoms with Crippen LogP contribution in [0.15, 0.2) is 29.3 Å². The Morgan fingerprint density at radius 2 is 2.03 bits per heavy atom. The maximum Gasteiger partial charge on any atom is 0.283 e. The molecule has 1 unspecified atom stereocenters. The Labute approximate surface area is 242 Å². The number of halogens is 2. The molecule has 5 rings (SSSR count). The zero-order chi connectivity index (χ0) is 27.2. The van der Waals surface area contributed by atoms with Gasteiger partial charge in [-0.05, 0) is 31.3 Å². The lowest BCUT2D eigenvalue weighted by atomic mass is 10.1. The fourth-order valence-electron chi connectivity index (χ4n) is 4.81. The minimum Gasteiger partial charge on any atom is -0.345 e. The Kier molecular flexibility index (Phi) is 8.91. The lowest BCUT2D eigenvalue weighted by molar-refractivity contribution is -0.170. The normalized spacial score (nSPS) is 18.6. The van der Waals surface area contributed by atoms with E-state index in [1.807, 2.05) is 7.05 Å². The molecular formula is C24H30Cl2N6O5S2. The van der Waals surface area contributed by atoms with Crippen LogP contribution in [0.3, 0.4) is 0 Å². The highest BCUT2D eigenvalue weighted by Gasteiger charge is 2.39. The van der Waals surface area contributed by atoms with Crippen molar-refractivity contribution in [1.82, 2.24) is 29.1 Å². The van der Waals surface area contributed by atoms with E-state index in [4.69, 9.17) is 16.4 Å². The molecule has 2 amide bonds. The summed E-state index contributed by atoms with van der Waals surface area (Å²) in [6.07, 6.45) is 0.677. The molecule has 4 heterocycles. The number of carbonyl (C=O) groups is 2. The predicted molar refractivity (Wildman–Crippen MR) is 151 cm³/mol. The summed E-state index contributed by atoms with van der Waals surface area (Å²) < 4.78 is 28.5. The first-order valence-electron chi connectivity index (χ1n) is 12.1. The number of aromatic nitrogens is 2. The molecular weight excluding hydrogens is 587 g/mol. The maximum absolute atomic E-state index is 13.6. The van der Waals surface area contributed by atoms with E-state index >= 15 is 0 Å². The minimum atomic E-state index is -3.93. The smallest absolute Gasteiger partial charge is 0.283 e. The Balaban J connectivity index is 0.00000353. The van der Waals surface area contributed by atoms with Gasteiger partial charge >= 0.3 is 0 Å². The predicted octanol–water partition coefficient (Wildman–Crippen LogP) is 2.61. The maximum atomic E-state index is 13.6. The number of piperazine rings is 1. The van der Waals surface area contributed by atoms with Gasteiger partial charge in [0.15, 0.2) is 5.01 Å². The van der Waals surface area contributed by atoms with Crippen molar-refractivity contribution in [2.24, 2.45) is 0 Å². The van der Waals surface area contributed by atoms with Crippen LogP contribution in [0.4, 0.5) is 0 Å². The van der Waals surface area contributed by atoms with Gasteiger partial charge in [-0.15, -0.1) is 23.7 Å². The van der Waals surface area contributed by atoms with Crippen LogP contribution < -0.4 is 0 Å². The van der Waals surface area contributed by atoms with E-state index in [9.17, 15) is 18.0 Å². The van der Waals surface area contributed by atoms with Crippen molar-refractivity contribution in [1.29, 1.82) is 0 Å². The largest absolute Gasteiger partial charge is 0.345 e. The second kappa shape index (κ2) is 11.7. The third kappa shape index (κ3) is 5.94. The molecule has 3 aromatic rings. The van der Waals surface area contributed by atoms with E-state index in [0.717, 1.165) is 35.1 Å². The monoisotopic (exact) mass is 616 g/mol. The van der Waals surface area contributed by atoms with E-state index < -0.39 is 16.1 Å². The molecule has 0 saturated carbocycles. The summed E-state index contributed by atoms with van der Waals surface area (Å²) in [5, 5.41) is 2.66. The first-order valence-corrected chi connectivity index (χ1v) is 14.8. The van der Waals surface area contributed by atoms with E-state index in [2.05, 4.69) is 14.9 Å². The molecule has 212 valence electrons. The van der Waals surface area contributed by atoms with Crippen LogP contribution in [0.1, 0.15) is 26.8 Å². The Morgan fingerprint density at radius 3 is 2.77 bits per heavy atom. The summed E-state index contributed by atoms with van der Waals surface area (Å²) in [7, 11) is 0.948. The van der Waals surface area contributed by atoms with Crippen LogP contribution >= 0.6 is 35.3 Å². The summed E-state index contributed by atoms with van der Waals surface area (Å²) in [4.78, 5) is 43.8. The zero-order valence-corrected chi connectivity index (χ0v) is 24.9. The Morgan fingerprint density at radius 1 is 1.26 bits per heavy atom. The molecule has 2 aliphatic heterocycles. The van der Waals surface area contributed by atoms with Crippen LogP contribution in [0, 0.1) is 0 Å². The third-order valence-corrected chi connectivity index (χ3v) is 10.1. The second-order valence-corrected chi connectivity index (χ2v) is 13.0. The number of thiazole rings is 1. The van der Waals surface area contributed by atoms with Gasteiger partial charge in [0.2, 0.25) is 5.91 Å². The fourth-order valence-corrected chi connectivity index (χ4v) is 7.62. The highest BCUT2D eigenvalue weighted by atomic mass is 35.5. The summed E-state index contributed by atoms with van der Waals surface area (Å²) >= 11 is 7.44. The standard InChI is InChI=1S/C24H29ClN6O5S2.ClH/c1-28-7-6-19-20(14-28)37-23(27-19)24(33)31-9-8-30(13-17(31)12-22(32)29(2)36-3)38(34,35)21-11-15-10-16(25)4-5-18(15)26-21;/h4-5,10-11,17,26H,6-9,12-14H2,1-3H3;1H. The Hall–Kier alpha value is -2.26. The molecule has 0 radical (unpaired) electrons. The van der Waals surface area contributed by atoms with Gasteiger partial charge in [0, 0.05) is 67.0 Å². The van der Waals surface area contributed by atoms with Crippen molar-refractivity contribution < 1.29 is 22.8 Å². The molecule has 0 bridgehead atoms. The van der Waals surface area contributed by atoms with Gasteiger partial charge in [0.1, 0.15) is 5.03 Å². The number of hydrogen-bond donors (Lipinski definition) is 1. The van der Waals surface area contributed by atoms with E-state index in [1.54, 1.807) is 29.2 Å². The molecule has 1 saturated heterocycles. The first kappa shape index (κ1) is 29.7. The molecule has 39 heavy (non-hydrogen) atoms. The van der Waals surface area contributed by atoms with Gasteiger partial charge in [-0.3, -0.25) is 14.4 Å². The number of rotatable bonds is 6. The van der Waals surface area contributed by atoms with E-state index in [0.29, 0.717) is 20.9 Å². The first-order chi connectivity index (χ1) is 18.1. The van der Waals surface area contributed by atoms with Gasteiger partial charge in [-0.2, -0.15) is 4.31 Å². The molecule has 0 aliphatic carbocycles. The van der Waals surface area contributed by atoms with Crippen LogP contribution in [-0.2, 0) is 32.6 Å². The number of hydroxylamine groups is 2. The molecule has 15 heteroatoms. The number of hydrogen-bond acceptors (Lipinski definition) is 8. The van der Waals surface area contributed by atoms with Crippen molar-refractivity contribution >= 4 is 68.1 Å². The van der Waals surface area contributed by atoms with Gasteiger partial charge in [-0.1, -0.05) is 11.6 Å². The lowest BCUT2D eigenvalue weighted by Gasteiger charge is -2.40. The number of amides is 2. The molecule has 2 aliphatic rings. The number of likely N-dealkylation sites (N-methyl/N-ethyl adjacent to an activating group) is 1. The average Bonchev–Trinajstić information content (AvgIpc) is 3.51. The fraction of sp³-hybridized carbons (Fsp3) is 0.458. The SMILES string of the molecule is CON(C)C(=O)CC1CN(S(=O)(=O)c2cc3cc(Cl)ccc3[nH]2)CCN1C(=O)c1nc2c(s1)CN(C)CC2.Cl. The van der Waals surface area contributed by atoms with Gasteiger partial charge in [0.25, 0.3) is 15.9 Å². The summed E-state index contributed by atoms with van der Waals surface area (Å²) in [6.45, 7) is 1.79. The number of aromatic amines is 1. The van der Waals surface area contributed by atoms with Crippen LogP contribution in [-0.4, -0.2) is 103 Å². The number of fused-ring (bicyclic) bond motifs is 2. The van der Waals surface area contributed by atoms with Crippen molar-refractivity contribution in [3.63, 3.8) is 0 Å². The number of H-pyrrole nitrogens is 1. The van der Waals surface area contributed by atoms with Crippen molar-refractivity contribution in [3.8, 4) is 0 Å². The number of carbonyl (C=O) groups excluding carboxylic acids is 2. The number of sulfonamides is 1. The van der Waals surface area contributed by atoms with Crippen LogP contribution in [0.25, 0.3) is 10.9 Å². The molecule has 0 spiro atoms. The van der Waals surface area contributed by atoms with E-state index in [1.165, 1.54) is 29.8 Å². The number of benzene rings is 1. The van der Waals surface area contributed by atoms with Crippen molar-refractivity contribution in [2.75, 3.05) is 47.4 Å². The quantitative estimate of drug-likeness (QED) is 0.423. The topological polar surface area (TPSA) is 119 Å². The summed E-state index contributed by atoms with van der Waals surface area (Å²) in [6, 6.07) is 5.95. The van der Waals surface area contributed by atoms with Crippen molar-refractivity contribution in [2.45, 2.75) is 30.5 Å². The van der Waals surface area contributed by atoms with Crippen LogP contribution in [0.2, 0.25) is 5.02 Å². The van der Waals surface area contributed by atoms with Crippen molar-refractivity contribution in [3.05, 3.63) is 44.9 Å². The summed E-state index contributed by atoms with van der Waals surface area (Å²) in [5.41, 5.74) is 1.58. The van der Waals surface area contributed by atoms with Gasteiger partial charge < -0.3 is 14.8 Å². The minimum absolute atomic E-state index is 0. The van der Waals surface area contributed by atoms with Gasteiger partial charge in [-0.25, -0.2) is 18.5 Å². The second-order valence-electron chi connectivity index (χ2n) is 9.54. The molecule has 1 N–H and O–H groups in total. The number of nitrogens with one attached hydrogen (secondary N) is 1. The Bertz CT molecular complexity index is 1490. The van der Waals surface area contributed by atoms with Crippen LogP contribution in [0.5, 0.6) is 0 Å². The highest BCUT2D eigenvalue weighted by Crippen LogP contribution is 2.29. The molecule has 1 aromatic carbocycles. The third-order valence-electron chi connectivity index (χ3n) is 7.02. The highest BCUT2D eigenvalue weighted by molar-refractivity contribution is 7.89. The van der Waals surface area contributed by atoms with Gasteiger partial charge in [0.05, 0.1) is 25.3 Å². The molecule has 1 fully saturated rings. The summed E-state index contributed by atoms with van der Waals surface area (Å²) in [5.74, 6) is -0.655. The molecule has 1 atom stereocenters. The molecule has 11 nitrogen and oxygen atoms in total. The average molecular weight is 618 g/mol. The lowest BCUT2D eigenvalue weighted by Crippen LogP contribution is -2.57.